The third kappa shape index (κ3) is 2.89. The van der Waals surface area contributed by atoms with Gasteiger partial charge < -0.3 is 9.47 Å². The van der Waals surface area contributed by atoms with Crippen molar-refractivity contribution in [2.75, 3.05) is 14.2 Å². The summed E-state index contributed by atoms with van der Waals surface area (Å²) >= 11 is 11.9. The molecule has 0 bridgehead atoms. The number of hydrogen-bond acceptors (Lipinski definition) is 3. The van der Waals surface area contributed by atoms with Gasteiger partial charge in [-0.3, -0.25) is 4.79 Å². The van der Waals surface area contributed by atoms with Crippen molar-refractivity contribution >= 4 is 29.0 Å². The lowest BCUT2D eigenvalue weighted by Gasteiger charge is -2.12. The Hall–Kier alpha value is -1.71. The van der Waals surface area contributed by atoms with E-state index in [1.807, 2.05) is 0 Å². The zero-order chi connectivity index (χ0) is 14.7. The van der Waals surface area contributed by atoms with Crippen LogP contribution >= 0.6 is 23.2 Å². The molecule has 3 nitrogen and oxygen atoms in total. The highest BCUT2D eigenvalue weighted by molar-refractivity contribution is 6.35. The van der Waals surface area contributed by atoms with Gasteiger partial charge in [-0.2, -0.15) is 0 Å². The minimum absolute atomic E-state index is 0.260. The summed E-state index contributed by atoms with van der Waals surface area (Å²) in [5, 5.41) is 0.796. The van der Waals surface area contributed by atoms with Gasteiger partial charge in [0, 0.05) is 15.6 Å². The Morgan fingerprint density at radius 2 is 1.45 bits per heavy atom. The molecule has 0 N–H and O–H groups in total. The highest BCUT2D eigenvalue weighted by atomic mass is 35.5. The van der Waals surface area contributed by atoms with Gasteiger partial charge in [0.1, 0.15) is 17.1 Å². The molecule has 2 rings (SSSR count). The average molecular weight is 311 g/mol. The molecule has 20 heavy (non-hydrogen) atoms. The van der Waals surface area contributed by atoms with E-state index in [1.54, 1.807) is 36.4 Å². The Balaban J connectivity index is 2.58. The molecule has 0 fully saturated rings. The summed E-state index contributed by atoms with van der Waals surface area (Å²) in [6.45, 7) is 0. The van der Waals surface area contributed by atoms with Crippen molar-refractivity contribution < 1.29 is 14.3 Å². The van der Waals surface area contributed by atoms with Gasteiger partial charge >= 0.3 is 0 Å². The van der Waals surface area contributed by atoms with Crippen LogP contribution in [0.3, 0.4) is 0 Å². The van der Waals surface area contributed by atoms with Gasteiger partial charge in [0.2, 0.25) is 5.78 Å². The second-order valence-corrected chi connectivity index (χ2v) is 4.90. The molecule has 0 radical (unpaired) electrons. The fourth-order valence-electron chi connectivity index (χ4n) is 1.90. The molecule has 5 heteroatoms. The van der Waals surface area contributed by atoms with Crippen LogP contribution in [-0.4, -0.2) is 20.0 Å². The number of halogens is 2. The van der Waals surface area contributed by atoms with Gasteiger partial charge in [-0.05, 0) is 30.3 Å². The zero-order valence-electron chi connectivity index (χ0n) is 10.9. The number of benzene rings is 2. The molecule has 0 aliphatic heterocycles. The van der Waals surface area contributed by atoms with E-state index >= 15 is 0 Å². The number of rotatable bonds is 4. The number of carbonyl (C=O) groups is 1. The first-order chi connectivity index (χ1) is 9.56. The van der Waals surface area contributed by atoms with Crippen LogP contribution in [0.15, 0.2) is 36.4 Å². The number of carbonyl (C=O) groups excluding carboxylic acids is 1. The van der Waals surface area contributed by atoms with Crippen LogP contribution in [0.1, 0.15) is 15.9 Å². The van der Waals surface area contributed by atoms with Crippen molar-refractivity contribution in [1.29, 1.82) is 0 Å². The molecule has 2 aromatic carbocycles. The molecule has 0 aliphatic carbocycles. The third-order valence-electron chi connectivity index (χ3n) is 2.78. The van der Waals surface area contributed by atoms with Gasteiger partial charge in [0.15, 0.2) is 0 Å². The average Bonchev–Trinajstić information content (AvgIpc) is 2.44. The van der Waals surface area contributed by atoms with E-state index in [4.69, 9.17) is 32.7 Å². The lowest BCUT2D eigenvalue weighted by Crippen LogP contribution is -2.06. The Bertz CT molecular complexity index is 611. The molecule has 2 aromatic rings. The normalized spacial score (nSPS) is 10.2. The number of ketones is 1. The highest BCUT2D eigenvalue weighted by Crippen LogP contribution is 2.31. The Morgan fingerprint density at radius 1 is 0.950 bits per heavy atom. The van der Waals surface area contributed by atoms with Crippen LogP contribution in [0.25, 0.3) is 0 Å². The zero-order valence-corrected chi connectivity index (χ0v) is 12.5. The van der Waals surface area contributed by atoms with Crippen LogP contribution in [0, 0.1) is 0 Å². The van der Waals surface area contributed by atoms with Crippen molar-refractivity contribution in [3.05, 3.63) is 57.6 Å². The van der Waals surface area contributed by atoms with Crippen molar-refractivity contribution in [2.24, 2.45) is 0 Å². The van der Waals surface area contributed by atoms with E-state index in [2.05, 4.69) is 0 Å². The van der Waals surface area contributed by atoms with E-state index in [1.165, 1.54) is 14.2 Å². The largest absolute Gasteiger partial charge is 0.496 e. The second kappa shape index (κ2) is 6.16. The summed E-state index contributed by atoms with van der Waals surface area (Å²) in [7, 11) is 2.99. The van der Waals surface area contributed by atoms with Gasteiger partial charge in [0.05, 0.1) is 14.2 Å². The smallest absolute Gasteiger partial charge is 0.200 e. The molecule has 104 valence electrons. The molecule has 0 aromatic heterocycles. The van der Waals surface area contributed by atoms with Crippen molar-refractivity contribution in [2.45, 2.75) is 0 Å². The fraction of sp³-hybridized carbons (Fsp3) is 0.133. The van der Waals surface area contributed by atoms with Gasteiger partial charge in [-0.15, -0.1) is 0 Å². The third-order valence-corrected chi connectivity index (χ3v) is 3.22. The molecule has 0 heterocycles. The highest BCUT2D eigenvalue weighted by Gasteiger charge is 2.20. The molecule has 0 atom stereocenters. The molecule has 0 saturated carbocycles. The van der Waals surface area contributed by atoms with Crippen molar-refractivity contribution in [3.8, 4) is 11.5 Å². The SMILES string of the molecule is COc1cccc(OC)c1C(=O)c1cc(Cl)cc(Cl)c1. The van der Waals surface area contributed by atoms with Crippen LogP contribution in [0.4, 0.5) is 0 Å². The summed E-state index contributed by atoms with van der Waals surface area (Å²) in [5.74, 6) is 0.611. The predicted molar refractivity (Wildman–Crippen MR) is 79.4 cm³/mol. The first-order valence-electron chi connectivity index (χ1n) is 5.78. The lowest BCUT2D eigenvalue weighted by molar-refractivity contribution is 0.103. The summed E-state index contributed by atoms with van der Waals surface area (Å²) < 4.78 is 10.4. The van der Waals surface area contributed by atoms with E-state index in [0.717, 1.165) is 0 Å². The Morgan fingerprint density at radius 3 is 1.90 bits per heavy atom. The molecular weight excluding hydrogens is 299 g/mol. The number of methoxy groups -OCH3 is 2. The predicted octanol–water partition coefficient (Wildman–Crippen LogP) is 4.24. The summed E-state index contributed by atoms with van der Waals surface area (Å²) in [6.07, 6.45) is 0. The first kappa shape index (κ1) is 14.7. The molecular formula is C15H12Cl2O3. The maximum absolute atomic E-state index is 12.6. The topological polar surface area (TPSA) is 35.5 Å². The van der Waals surface area contributed by atoms with E-state index in [0.29, 0.717) is 32.7 Å². The Labute approximate surface area is 127 Å². The van der Waals surface area contributed by atoms with E-state index < -0.39 is 0 Å². The maximum Gasteiger partial charge on any atom is 0.200 e. The summed E-state index contributed by atoms with van der Waals surface area (Å²) in [6, 6.07) is 9.83. The molecule has 0 amide bonds. The lowest BCUT2D eigenvalue weighted by atomic mass is 10.0. The monoisotopic (exact) mass is 310 g/mol. The molecule has 0 aliphatic rings. The first-order valence-corrected chi connectivity index (χ1v) is 6.54. The standard InChI is InChI=1S/C15H12Cl2O3/c1-19-12-4-3-5-13(20-2)14(12)15(18)9-6-10(16)8-11(17)7-9/h3-8H,1-2H3. The van der Waals surface area contributed by atoms with Crippen LogP contribution in [0.2, 0.25) is 10.0 Å². The summed E-state index contributed by atoms with van der Waals surface area (Å²) in [5.41, 5.74) is 0.723. The quantitative estimate of drug-likeness (QED) is 0.792. The second-order valence-electron chi connectivity index (χ2n) is 4.02. The van der Waals surface area contributed by atoms with Crippen LogP contribution in [0.5, 0.6) is 11.5 Å². The minimum Gasteiger partial charge on any atom is -0.496 e. The van der Waals surface area contributed by atoms with E-state index in [-0.39, 0.29) is 5.78 Å². The maximum atomic E-state index is 12.6. The Kier molecular flexibility index (Phi) is 4.53. The fourth-order valence-corrected chi connectivity index (χ4v) is 2.43. The molecule has 0 spiro atoms. The minimum atomic E-state index is -0.260. The number of hydrogen-bond donors (Lipinski definition) is 0. The van der Waals surface area contributed by atoms with Crippen LogP contribution in [-0.2, 0) is 0 Å². The van der Waals surface area contributed by atoms with Crippen molar-refractivity contribution in [3.63, 3.8) is 0 Å². The number of ether oxygens (including phenoxy) is 2. The molecule has 0 saturated heterocycles. The van der Waals surface area contributed by atoms with Crippen molar-refractivity contribution in [1.82, 2.24) is 0 Å². The van der Waals surface area contributed by atoms with Gasteiger partial charge in [-0.1, -0.05) is 29.3 Å². The van der Waals surface area contributed by atoms with E-state index in [9.17, 15) is 4.79 Å². The van der Waals surface area contributed by atoms with Gasteiger partial charge in [-0.25, -0.2) is 0 Å². The molecule has 0 unspecified atom stereocenters. The van der Waals surface area contributed by atoms with Crippen LogP contribution < -0.4 is 9.47 Å². The summed E-state index contributed by atoms with van der Waals surface area (Å²) in [4.78, 5) is 12.6. The van der Waals surface area contributed by atoms with Gasteiger partial charge in [0.25, 0.3) is 0 Å².